The van der Waals surface area contributed by atoms with Crippen LogP contribution in [0.3, 0.4) is 0 Å². The van der Waals surface area contributed by atoms with Gasteiger partial charge in [-0.3, -0.25) is 4.79 Å². The molecule has 38 heavy (non-hydrogen) atoms. The number of anilines is 1. The third kappa shape index (κ3) is 6.31. The fourth-order valence-corrected chi connectivity index (χ4v) is 5.18. The van der Waals surface area contributed by atoms with E-state index in [4.69, 9.17) is 0 Å². The average molecular weight is 502 g/mol. The number of carbonyl (C=O) groups excluding carboxylic acids is 1. The van der Waals surface area contributed by atoms with Crippen molar-refractivity contribution in [2.75, 3.05) is 18.0 Å². The van der Waals surface area contributed by atoms with Crippen LogP contribution in [0.5, 0.6) is 0 Å². The quantitative estimate of drug-likeness (QED) is 0.169. The van der Waals surface area contributed by atoms with E-state index >= 15 is 0 Å². The Balaban J connectivity index is 1.65. The van der Waals surface area contributed by atoms with Crippen molar-refractivity contribution in [3.05, 3.63) is 135 Å². The molecule has 0 saturated heterocycles. The van der Waals surface area contributed by atoms with E-state index < -0.39 is 0 Å². The van der Waals surface area contributed by atoms with Crippen molar-refractivity contribution in [2.45, 2.75) is 48.0 Å². The van der Waals surface area contributed by atoms with Gasteiger partial charge in [0, 0.05) is 30.8 Å². The van der Waals surface area contributed by atoms with Gasteiger partial charge < -0.3 is 4.90 Å². The molecule has 0 aromatic heterocycles. The van der Waals surface area contributed by atoms with Crippen molar-refractivity contribution in [1.82, 2.24) is 0 Å². The van der Waals surface area contributed by atoms with Gasteiger partial charge in [0.1, 0.15) is 0 Å². The number of hydrogen-bond donors (Lipinski definition) is 0. The van der Waals surface area contributed by atoms with Gasteiger partial charge in [-0.15, -0.1) is 0 Å². The number of hydrogen-bond acceptors (Lipinski definition) is 2. The summed E-state index contributed by atoms with van der Waals surface area (Å²) in [5.74, 6) is 0.162. The molecule has 2 nitrogen and oxygen atoms in total. The van der Waals surface area contributed by atoms with Gasteiger partial charge in [0.15, 0.2) is 5.78 Å². The molecule has 0 radical (unpaired) electrons. The first-order valence-corrected chi connectivity index (χ1v) is 13.6. The van der Waals surface area contributed by atoms with Gasteiger partial charge in [-0.1, -0.05) is 83.9 Å². The van der Waals surface area contributed by atoms with Crippen molar-refractivity contribution >= 4 is 23.1 Å². The summed E-state index contributed by atoms with van der Waals surface area (Å²) in [6.45, 7) is 14.8. The molecule has 0 aliphatic heterocycles. The summed E-state index contributed by atoms with van der Waals surface area (Å²) in [5, 5.41) is 0. The maximum atomic E-state index is 12.9. The average Bonchev–Trinajstić information content (AvgIpc) is 2.90. The molecule has 0 N–H and O–H groups in total. The minimum atomic E-state index is 0.162. The third-order valence-electron chi connectivity index (χ3n) is 7.32. The van der Waals surface area contributed by atoms with Gasteiger partial charge in [-0.25, -0.2) is 0 Å². The van der Waals surface area contributed by atoms with E-state index in [0.717, 1.165) is 35.3 Å². The first-order valence-electron chi connectivity index (χ1n) is 13.6. The summed E-state index contributed by atoms with van der Waals surface area (Å²) in [5.41, 5.74) is 12.6. The van der Waals surface area contributed by atoms with Gasteiger partial charge in [0.05, 0.1) is 0 Å². The molecule has 0 fully saturated rings. The molecule has 0 spiro atoms. The number of carbonyl (C=O) groups is 1. The molecule has 0 amide bonds. The molecule has 0 bridgehead atoms. The molecule has 0 saturated carbocycles. The molecule has 0 heterocycles. The largest absolute Gasteiger partial charge is 0.372 e. The van der Waals surface area contributed by atoms with Crippen LogP contribution in [0.2, 0.25) is 0 Å². The molecule has 2 heteroatoms. The second-order valence-electron chi connectivity index (χ2n) is 10.3. The van der Waals surface area contributed by atoms with Crippen LogP contribution >= 0.6 is 0 Å². The Hall–Kier alpha value is -3.91. The van der Waals surface area contributed by atoms with Crippen LogP contribution in [-0.4, -0.2) is 18.9 Å². The highest BCUT2D eigenvalue weighted by Gasteiger charge is 2.12. The van der Waals surface area contributed by atoms with Gasteiger partial charge in [-0.2, -0.15) is 0 Å². The number of rotatable bonds is 9. The number of Topliss-reactive ketones (excluding diaryl/α,β-unsaturated/α-hetero) is 1. The van der Waals surface area contributed by atoms with Crippen molar-refractivity contribution in [2.24, 2.45) is 0 Å². The Morgan fingerprint density at radius 2 is 1.24 bits per heavy atom. The maximum Gasteiger partial charge on any atom is 0.167 e. The topological polar surface area (TPSA) is 20.3 Å². The van der Waals surface area contributed by atoms with E-state index in [1.165, 1.54) is 39.1 Å². The first kappa shape index (κ1) is 27.1. The normalized spacial score (nSPS) is 11.5. The predicted octanol–water partition coefficient (Wildman–Crippen LogP) is 8.78. The van der Waals surface area contributed by atoms with Gasteiger partial charge in [0.2, 0.25) is 0 Å². The van der Waals surface area contributed by atoms with Crippen LogP contribution in [0.25, 0.3) is 11.6 Å². The van der Waals surface area contributed by atoms with Crippen LogP contribution in [0.1, 0.15) is 68.7 Å². The van der Waals surface area contributed by atoms with Crippen LogP contribution < -0.4 is 4.90 Å². The monoisotopic (exact) mass is 501 g/mol. The standard InChI is InChI=1S/C36H39NO/c1-7-37(8-2)32-17-15-31(16-18-32)35(33-19-9-25(3)21-27(33)5)23-29-11-13-30(14-12-29)24-36(38)34-20-10-26(4)22-28(34)6/h9-23H,7-8,24H2,1-6H3. The second-order valence-corrected chi connectivity index (χ2v) is 10.3. The lowest BCUT2D eigenvalue weighted by Crippen LogP contribution is -2.21. The summed E-state index contributed by atoms with van der Waals surface area (Å²) >= 11 is 0. The van der Waals surface area contributed by atoms with Crippen molar-refractivity contribution in [3.63, 3.8) is 0 Å². The number of benzene rings is 4. The minimum Gasteiger partial charge on any atom is -0.372 e. The Labute approximate surface area is 228 Å². The smallest absolute Gasteiger partial charge is 0.167 e. The fraction of sp³-hybridized carbons (Fsp3) is 0.250. The molecule has 0 aliphatic carbocycles. The highest BCUT2D eigenvalue weighted by molar-refractivity contribution is 5.99. The van der Waals surface area contributed by atoms with E-state index in [9.17, 15) is 4.79 Å². The SMILES string of the molecule is CCN(CC)c1ccc(C(=Cc2ccc(CC(=O)c3ccc(C)cc3C)cc2)c2ccc(C)cc2C)cc1. The zero-order chi connectivity index (χ0) is 27.2. The third-order valence-corrected chi connectivity index (χ3v) is 7.32. The Morgan fingerprint density at radius 3 is 1.76 bits per heavy atom. The summed E-state index contributed by atoms with van der Waals surface area (Å²) in [6.07, 6.45) is 2.67. The van der Waals surface area contributed by atoms with E-state index in [1.807, 2.05) is 19.1 Å². The molecule has 0 aliphatic rings. The van der Waals surface area contributed by atoms with Crippen LogP contribution in [0.4, 0.5) is 5.69 Å². The molecule has 4 aromatic carbocycles. The summed E-state index contributed by atoms with van der Waals surface area (Å²) < 4.78 is 0. The van der Waals surface area contributed by atoms with Crippen LogP contribution in [0, 0.1) is 27.7 Å². The zero-order valence-electron chi connectivity index (χ0n) is 23.6. The Morgan fingerprint density at radius 1 is 0.684 bits per heavy atom. The Bertz CT molecular complexity index is 1440. The second kappa shape index (κ2) is 12.1. The molecule has 4 aromatic rings. The fourth-order valence-electron chi connectivity index (χ4n) is 5.18. The molecule has 0 atom stereocenters. The van der Waals surface area contributed by atoms with Crippen LogP contribution in [-0.2, 0) is 6.42 Å². The van der Waals surface area contributed by atoms with Gasteiger partial charge >= 0.3 is 0 Å². The van der Waals surface area contributed by atoms with E-state index in [1.54, 1.807) is 0 Å². The first-order chi connectivity index (χ1) is 18.3. The molecule has 0 unspecified atom stereocenters. The predicted molar refractivity (Wildman–Crippen MR) is 163 cm³/mol. The number of ketones is 1. The molecule has 4 rings (SSSR count). The minimum absolute atomic E-state index is 0.162. The van der Waals surface area contributed by atoms with Gasteiger partial charge in [0.25, 0.3) is 0 Å². The molecule has 194 valence electrons. The maximum absolute atomic E-state index is 12.9. The summed E-state index contributed by atoms with van der Waals surface area (Å²) in [7, 11) is 0. The van der Waals surface area contributed by atoms with Crippen molar-refractivity contribution in [3.8, 4) is 0 Å². The van der Waals surface area contributed by atoms with E-state index in [2.05, 4.69) is 118 Å². The number of aryl methyl sites for hydroxylation is 4. The lowest BCUT2D eigenvalue weighted by atomic mass is 9.91. The lowest BCUT2D eigenvalue weighted by molar-refractivity contribution is 0.0992. The molecular formula is C36H39NO. The molecular weight excluding hydrogens is 462 g/mol. The Kier molecular flexibility index (Phi) is 8.63. The lowest BCUT2D eigenvalue weighted by Gasteiger charge is -2.21. The highest BCUT2D eigenvalue weighted by atomic mass is 16.1. The summed E-state index contributed by atoms with van der Waals surface area (Å²) in [4.78, 5) is 15.3. The van der Waals surface area contributed by atoms with E-state index in [-0.39, 0.29) is 5.78 Å². The van der Waals surface area contributed by atoms with Crippen molar-refractivity contribution in [1.29, 1.82) is 0 Å². The number of nitrogens with zero attached hydrogens (tertiary/aromatic N) is 1. The highest BCUT2D eigenvalue weighted by Crippen LogP contribution is 2.31. The zero-order valence-corrected chi connectivity index (χ0v) is 23.6. The van der Waals surface area contributed by atoms with E-state index in [0.29, 0.717) is 6.42 Å². The van der Waals surface area contributed by atoms with Crippen molar-refractivity contribution < 1.29 is 4.79 Å². The van der Waals surface area contributed by atoms with Gasteiger partial charge in [-0.05, 0) is 98.7 Å². The summed E-state index contributed by atoms with van der Waals surface area (Å²) in [6, 6.07) is 30.0. The van der Waals surface area contributed by atoms with Crippen LogP contribution in [0.15, 0.2) is 84.9 Å².